The molecule has 0 bridgehead atoms. The molecule has 3 amide bonds. The summed E-state index contributed by atoms with van der Waals surface area (Å²) in [6, 6.07) is 4.98. The monoisotopic (exact) mass is 221 g/mol. The van der Waals surface area contributed by atoms with Gasteiger partial charge in [0.1, 0.15) is 12.4 Å². The van der Waals surface area contributed by atoms with Gasteiger partial charge in [-0.2, -0.15) is 5.10 Å². The molecule has 82 valence electrons. The molecule has 5 nitrogen and oxygen atoms in total. The lowest BCUT2D eigenvalue weighted by Gasteiger charge is -2.02. The van der Waals surface area contributed by atoms with Gasteiger partial charge in [0.2, 0.25) is 0 Å². The third kappa shape index (κ3) is 2.05. The molecule has 0 unspecified atom stereocenters. The summed E-state index contributed by atoms with van der Waals surface area (Å²) in [5.74, 6) is -0.768. The highest BCUT2D eigenvalue weighted by atomic mass is 19.1. The first kappa shape index (κ1) is 10.3. The van der Waals surface area contributed by atoms with Crippen molar-refractivity contribution in [2.75, 3.05) is 6.54 Å². The number of rotatable bonds is 2. The zero-order chi connectivity index (χ0) is 11.5. The quantitative estimate of drug-likeness (QED) is 0.590. The van der Waals surface area contributed by atoms with Gasteiger partial charge in [-0.3, -0.25) is 4.79 Å². The smallest absolute Gasteiger partial charge is 0.327 e. The van der Waals surface area contributed by atoms with Crippen molar-refractivity contribution in [3.8, 4) is 0 Å². The van der Waals surface area contributed by atoms with E-state index in [0.29, 0.717) is 5.56 Å². The molecule has 0 radical (unpaired) electrons. The number of hydrogen-bond donors (Lipinski definition) is 1. The van der Waals surface area contributed by atoms with Crippen molar-refractivity contribution in [1.29, 1.82) is 0 Å². The molecular formula is C10H8FN3O2. The minimum Gasteiger partial charge on any atom is -0.327 e. The normalized spacial score (nSPS) is 15.9. The molecule has 1 aromatic rings. The Morgan fingerprint density at radius 3 is 2.56 bits per heavy atom. The number of carbonyl (C=O) groups is 2. The first-order chi connectivity index (χ1) is 7.66. The molecule has 6 heteroatoms. The molecule has 0 aliphatic carbocycles. The summed E-state index contributed by atoms with van der Waals surface area (Å²) in [6.07, 6.45) is 1.32. The van der Waals surface area contributed by atoms with Crippen LogP contribution in [0.5, 0.6) is 0 Å². The van der Waals surface area contributed by atoms with Crippen LogP contribution in [-0.2, 0) is 4.79 Å². The molecule has 0 aromatic heterocycles. The first-order valence-electron chi connectivity index (χ1n) is 4.57. The molecule has 0 atom stereocenters. The Balaban J connectivity index is 2.12. The number of benzene rings is 1. The second-order valence-electron chi connectivity index (χ2n) is 3.16. The van der Waals surface area contributed by atoms with Gasteiger partial charge in [-0.1, -0.05) is 12.1 Å². The van der Waals surface area contributed by atoms with E-state index in [1.165, 1.54) is 30.5 Å². The van der Waals surface area contributed by atoms with Crippen LogP contribution < -0.4 is 5.32 Å². The van der Waals surface area contributed by atoms with Crippen LogP contribution in [0.25, 0.3) is 0 Å². The fraction of sp³-hybridized carbons (Fsp3) is 0.100. The fourth-order valence-electron chi connectivity index (χ4n) is 1.20. The number of imide groups is 1. The minimum absolute atomic E-state index is 0.0421. The van der Waals surface area contributed by atoms with Gasteiger partial charge < -0.3 is 5.32 Å². The number of nitrogens with one attached hydrogen (secondary N) is 1. The molecule has 1 aliphatic heterocycles. The van der Waals surface area contributed by atoms with Crippen LogP contribution in [0.3, 0.4) is 0 Å². The molecule has 1 aliphatic rings. The second kappa shape index (κ2) is 4.09. The zero-order valence-corrected chi connectivity index (χ0v) is 8.18. The van der Waals surface area contributed by atoms with Gasteiger partial charge in [0.25, 0.3) is 5.91 Å². The van der Waals surface area contributed by atoms with E-state index >= 15 is 0 Å². The van der Waals surface area contributed by atoms with Crippen molar-refractivity contribution in [3.63, 3.8) is 0 Å². The van der Waals surface area contributed by atoms with Gasteiger partial charge in [-0.25, -0.2) is 9.18 Å². The van der Waals surface area contributed by atoms with E-state index < -0.39 is 11.9 Å². The van der Waals surface area contributed by atoms with Crippen LogP contribution in [0, 0.1) is 5.82 Å². The van der Waals surface area contributed by atoms with Gasteiger partial charge in [-0.05, 0) is 17.7 Å². The molecule has 16 heavy (non-hydrogen) atoms. The number of halogens is 1. The fourth-order valence-corrected chi connectivity index (χ4v) is 1.20. The number of amides is 3. The third-order valence-electron chi connectivity index (χ3n) is 2.01. The number of urea groups is 1. The van der Waals surface area contributed by atoms with E-state index in [-0.39, 0.29) is 12.4 Å². The Morgan fingerprint density at radius 2 is 2.00 bits per heavy atom. The van der Waals surface area contributed by atoms with Gasteiger partial charge >= 0.3 is 6.03 Å². The van der Waals surface area contributed by atoms with E-state index in [1.54, 1.807) is 0 Å². The van der Waals surface area contributed by atoms with Crippen molar-refractivity contribution < 1.29 is 14.0 Å². The minimum atomic E-state index is -0.552. The maximum Gasteiger partial charge on any atom is 0.345 e. The Morgan fingerprint density at radius 1 is 1.31 bits per heavy atom. The summed E-state index contributed by atoms with van der Waals surface area (Å²) >= 11 is 0. The maximum atomic E-state index is 12.6. The molecule has 1 fully saturated rings. The molecule has 1 aromatic carbocycles. The number of carbonyl (C=O) groups excluding carboxylic acids is 2. The van der Waals surface area contributed by atoms with E-state index in [4.69, 9.17) is 0 Å². The standard InChI is InChI=1S/C10H8FN3O2/c11-8-3-1-7(2-4-8)5-13-14-9(15)6-12-10(14)16/h1-5H,6H2,(H,12,16). The zero-order valence-electron chi connectivity index (χ0n) is 8.18. The van der Waals surface area contributed by atoms with Crippen LogP contribution in [0.15, 0.2) is 29.4 Å². The van der Waals surface area contributed by atoms with Crippen LogP contribution in [0.2, 0.25) is 0 Å². The van der Waals surface area contributed by atoms with E-state index in [0.717, 1.165) is 5.01 Å². The van der Waals surface area contributed by atoms with Crippen LogP contribution in [0.1, 0.15) is 5.56 Å². The lowest BCUT2D eigenvalue weighted by molar-refractivity contribution is -0.124. The highest BCUT2D eigenvalue weighted by Crippen LogP contribution is 2.03. The first-order valence-corrected chi connectivity index (χ1v) is 4.57. The lowest BCUT2D eigenvalue weighted by Crippen LogP contribution is -2.25. The molecule has 1 N–H and O–H groups in total. The van der Waals surface area contributed by atoms with Crippen LogP contribution >= 0.6 is 0 Å². The van der Waals surface area contributed by atoms with E-state index in [1.807, 2.05) is 0 Å². The van der Waals surface area contributed by atoms with Crippen molar-refractivity contribution >= 4 is 18.2 Å². The predicted molar refractivity (Wildman–Crippen MR) is 54.2 cm³/mol. The largest absolute Gasteiger partial charge is 0.345 e. The molecule has 0 saturated carbocycles. The number of nitrogens with zero attached hydrogens (tertiary/aromatic N) is 2. The van der Waals surface area contributed by atoms with Gasteiger partial charge in [-0.15, -0.1) is 5.01 Å². The topological polar surface area (TPSA) is 61.8 Å². The van der Waals surface area contributed by atoms with Crippen molar-refractivity contribution in [2.24, 2.45) is 5.10 Å². The molecule has 2 rings (SSSR count). The van der Waals surface area contributed by atoms with Gasteiger partial charge in [0.15, 0.2) is 0 Å². The van der Waals surface area contributed by atoms with Crippen molar-refractivity contribution in [2.45, 2.75) is 0 Å². The average molecular weight is 221 g/mol. The van der Waals surface area contributed by atoms with Crippen molar-refractivity contribution in [1.82, 2.24) is 10.3 Å². The molecule has 0 spiro atoms. The SMILES string of the molecule is O=C1CNC(=O)N1N=Cc1ccc(F)cc1. The van der Waals surface area contributed by atoms with Crippen LogP contribution in [0.4, 0.5) is 9.18 Å². The Kier molecular flexibility index (Phi) is 2.63. The Hall–Kier alpha value is -2.24. The highest BCUT2D eigenvalue weighted by molar-refractivity contribution is 6.02. The molecular weight excluding hydrogens is 213 g/mol. The molecule has 1 saturated heterocycles. The summed E-state index contributed by atoms with van der Waals surface area (Å²) in [5, 5.41) is 6.78. The summed E-state index contributed by atoms with van der Waals surface area (Å²) in [4.78, 5) is 22.2. The third-order valence-corrected chi connectivity index (χ3v) is 2.01. The van der Waals surface area contributed by atoms with Crippen LogP contribution in [-0.4, -0.2) is 29.7 Å². The average Bonchev–Trinajstić information content (AvgIpc) is 2.59. The van der Waals surface area contributed by atoms with Gasteiger partial charge in [0.05, 0.1) is 6.21 Å². The highest BCUT2D eigenvalue weighted by Gasteiger charge is 2.27. The summed E-state index contributed by atoms with van der Waals surface area (Å²) in [5.41, 5.74) is 0.605. The lowest BCUT2D eigenvalue weighted by atomic mass is 10.2. The Labute approximate surface area is 90.5 Å². The van der Waals surface area contributed by atoms with E-state index in [2.05, 4.69) is 10.4 Å². The second-order valence-corrected chi connectivity index (χ2v) is 3.16. The Bertz CT molecular complexity index is 440. The number of hydrazone groups is 1. The summed E-state index contributed by atoms with van der Waals surface area (Å²) in [6.45, 7) is -0.0421. The van der Waals surface area contributed by atoms with Crippen molar-refractivity contribution in [3.05, 3.63) is 35.6 Å². The number of hydrogen-bond acceptors (Lipinski definition) is 3. The summed E-state index contributed by atoms with van der Waals surface area (Å²) < 4.78 is 12.6. The van der Waals surface area contributed by atoms with Gasteiger partial charge in [0, 0.05) is 0 Å². The maximum absolute atomic E-state index is 12.6. The molecule has 1 heterocycles. The van der Waals surface area contributed by atoms with E-state index in [9.17, 15) is 14.0 Å². The predicted octanol–water partition coefficient (Wildman–Crippen LogP) is 0.711. The summed E-state index contributed by atoms with van der Waals surface area (Å²) in [7, 11) is 0.